The van der Waals surface area contributed by atoms with Crippen LogP contribution in [0.4, 0.5) is 17.6 Å². The average Bonchev–Trinajstić information content (AvgIpc) is 3.64. The molecule has 0 spiro atoms. The number of piperidine rings is 1. The smallest absolute Gasteiger partial charge is 0.265 e. The molecule has 0 bridgehead atoms. The van der Waals surface area contributed by atoms with Crippen LogP contribution in [0.3, 0.4) is 0 Å². The summed E-state index contributed by atoms with van der Waals surface area (Å²) in [6, 6.07) is 4.49. The highest BCUT2D eigenvalue weighted by Gasteiger charge is 2.46. The maximum Gasteiger partial charge on any atom is 0.265 e. The van der Waals surface area contributed by atoms with Gasteiger partial charge in [0.1, 0.15) is 59.7 Å². The highest BCUT2D eigenvalue weighted by Crippen LogP contribution is 2.36. The van der Waals surface area contributed by atoms with E-state index >= 15 is 8.78 Å². The van der Waals surface area contributed by atoms with Gasteiger partial charge in [0.05, 0.1) is 6.54 Å². The number of rotatable bonds is 10. The van der Waals surface area contributed by atoms with Crippen LogP contribution in [0.5, 0.6) is 0 Å². The largest absolute Gasteiger partial charge is 0.380 e. The van der Waals surface area contributed by atoms with Crippen LogP contribution in [0.25, 0.3) is 0 Å². The molecule has 43 heavy (non-hydrogen) atoms. The van der Waals surface area contributed by atoms with Crippen LogP contribution in [-0.2, 0) is 24.3 Å². The van der Waals surface area contributed by atoms with Crippen molar-refractivity contribution < 1.29 is 32.3 Å². The molecule has 0 saturated carbocycles. The first-order valence-electron chi connectivity index (χ1n) is 13.9. The fourth-order valence-corrected chi connectivity index (χ4v) is 5.77. The summed E-state index contributed by atoms with van der Waals surface area (Å²) in [7, 11) is 0. The van der Waals surface area contributed by atoms with E-state index in [0.717, 1.165) is 36.6 Å². The zero-order valence-corrected chi connectivity index (χ0v) is 23.9. The highest BCUT2D eigenvalue weighted by molar-refractivity contribution is 5.28. The van der Waals surface area contributed by atoms with Crippen LogP contribution in [-0.4, -0.2) is 58.8 Å². The van der Waals surface area contributed by atoms with Gasteiger partial charge < -0.3 is 10.2 Å². The second-order valence-corrected chi connectivity index (χ2v) is 11.2. The highest BCUT2D eigenvalue weighted by atomic mass is 19.1. The zero-order valence-electron chi connectivity index (χ0n) is 23.9. The maximum atomic E-state index is 15.2. The van der Waals surface area contributed by atoms with Gasteiger partial charge in [-0.25, -0.2) is 31.8 Å². The van der Waals surface area contributed by atoms with Crippen LogP contribution in [0, 0.1) is 23.3 Å². The van der Waals surface area contributed by atoms with Crippen molar-refractivity contribution in [2.24, 2.45) is 0 Å². The molecule has 2 N–H and O–H groups in total. The van der Waals surface area contributed by atoms with Crippen LogP contribution in [0.2, 0.25) is 0 Å². The minimum Gasteiger partial charge on any atom is -0.380 e. The van der Waals surface area contributed by atoms with Gasteiger partial charge in [-0.1, -0.05) is 24.3 Å². The molecule has 1 aliphatic heterocycles. The van der Waals surface area contributed by atoms with E-state index in [9.17, 15) is 19.0 Å². The molecular weight excluding hydrogens is 566 g/mol. The van der Waals surface area contributed by atoms with Crippen LogP contribution in [0.15, 0.2) is 73.9 Å². The van der Waals surface area contributed by atoms with Gasteiger partial charge in [0.2, 0.25) is 6.33 Å². The normalized spacial score (nSPS) is 18.7. The number of benzene rings is 2. The second-order valence-electron chi connectivity index (χ2n) is 11.2. The number of aliphatic hydroxyl groups is 2. The Balaban J connectivity index is 1.50. The van der Waals surface area contributed by atoms with E-state index in [2.05, 4.69) is 21.8 Å². The first-order chi connectivity index (χ1) is 20.4. The third kappa shape index (κ3) is 6.10. The van der Waals surface area contributed by atoms with Crippen molar-refractivity contribution in [1.29, 1.82) is 0 Å². The fraction of sp³-hybridized carbons (Fsp3) is 0.400. The molecule has 3 heterocycles. The third-order valence-corrected chi connectivity index (χ3v) is 8.55. The maximum absolute atomic E-state index is 15.2. The van der Waals surface area contributed by atoms with Crippen molar-refractivity contribution in [3.8, 4) is 0 Å². The second kappa shape index (κ2) is 12.0. The molecule has 4 aromatic rings. The standard InChI is InChI=1S/C30H34F4N7O2/c1-20-8-10-38(11-9-20)21(2)30(43,26-7-5-24(32)13-28(26)34)15-41-19-39(18-37-41)22(3)29(42,14-40-17-35-16-36-40)25-6-4-23(31)12-27(25)33/h4-7,12-13,16-19,21-22,42-43H,1,8-11,14-15H2,2-3H3/q+1/t21-,22-,29-,30?/m1/s1. The molecular formula is C30H34F4N7O2+. The van der Waals surface area contributed by atoms with E-state index in [-0.39, 0.29) is 24.2 Å². The van der Waals surface area contributed by atoms with Gasteiger partial charge in [-0.15, -0.1) is 4.68 Å². The predicted molar refractivity (Wildman–Crippen MR) is 147 cm³/mol. The van der Waals surface area contributed by atoms with E-state index in [1.807, 2.05) is 4.90 Å². The Bertz CT molecular complexity index is 1590. The SMILES string of the molecule is C=C1CCN([C@H](C)C(O)(Cn2c[n+]([C@H](C)[C@](O)(Cn3cncn3)c3ccc(F)cc3F)cn2)c2ccc(F)cc2F)CC1. The lowest BCUT2D eigenvalue weighted by atomic mass is 9.84. The molecule has 1 unspecified atom stereocenters. The predicted octanol–water partition coefficient (Wildman–Crippen LogP) is 3.40. The average molecular weight is 601 g/mol. The first-order valence-corrected chi connectivity index (χ1v) is 13.9. The van der Waals surface area contributed by atoms with Crippen molar-refractivity contribution >= 4 is 0 Å². The molecule has 2 aromatic heterocycles. The lowest BCUT2D eigenvalue weighted by Crippen LogP contribution is -2.54. The summed E-state index contributed by atoms with van der Waals surface area (Å²) in [6.45, 7) is 8.22. The van der Waals surface area contributed by atoms with E-state index in [1.165, 1.54) is 51.4 Å². The molecule has 13 heteroatoms. The minimum atomic E-state index is -1.95. The molecule has 1 saturated heterocycles. The summed E-state index contributed by atoms with van der Waals surface area (Å²) in [5, 5.41) is 32.5. The van der Waals surface area contributed by atoms with E-state index in [1.54, 1.807) is 13.8 Å². The number of likely N-dealkylation sites (tertiary alicyclic amines) is 1. The Morgan fingerprint density at radius 1 is 0.884 bits per heavy atom. The molecule has 2 aromatic carbocycles. The van der Waals surface area contributed by atoms with Crippen molar-refractivity contribution in [3.63, 3.8) is 0 Å². The summed E-state index contributed by atoms with van der Waals surface area (Å²) in [4.78, 5) is 5.92. The van der Waals surface area contributed by atoms with Gasteiger partial charge in [0.25, 0.3) is 6.33 Å². The van der Waals surface area contributed by atoms with Crippen LogP contribution < -0.4 is 4.57 Å². The van der Waals surface area contributed by atoms with Gasteiger partial charge in [0.15, 0.2) is 0 Å². The van der Waals surface area contributed by atoms with Crippen molar-refractivity contribution in [1.82, 2.24) is 29.4 Å². The lowest BCUT2D eigenvalue weighted by Gasteiger charge is -2.42. The number of hydrogen-bond acceptors (Lipinski definition) is 6. The zero-order chi connectivity index (χ0) is 30.9. The molecule has 4 atom stereocenters. The number of aromatic nitrogens is 6. The molecule has 1 fully saturated rings. The van der Waals surface area contributed by atoms with Gasteiger partial charge in [0, 0.05) is 47.5 Å². The third-order valence-electron chi connectivity index (χ3n) is 8.55. The summed E-state index contributed by atoms with van der Waals surface area (Å²) in [5.74, 6) is -3.40. The molecule has 0 aliphatic carbocycles. The topological polar surface area (TPSA) is 96.1 Å². The summed E-state index contributed by atoms with van der Waals surface area (Å²) in [6.07, 6.45) is 6.98. The molecule has 0 radical (unpaired) electrons. The molecule has 0 amide bonds. The van der Waals surface area contributed by atoms with Gasteiger partial charge in [-0.3, -0.25) is 4.90 Å². The number of halogens is 4. The van der Waals surface area contributed by atoms with Gasteiger partial charge in [-0.2, -0.15) is 5.10 Å². The molecule has 9 nitrogen and oxygen atoms in total. The Morgan fingerprint density at radius 3 is 2.02 bits per heavy atom. The Kier molecular flexibility index (Phi) is 8.50. The minimum absolute atomic E-state index is 0.0861. The monoisotopic (exact) mass is 600 g/mol. The van der Waals surface area contributed by atoms with Gasteiger partial charge in [-0.05, 0) is 38.8 Å². The Labute approximate surface area is 246 Å². The van der Waals surface area contributed by atoms with Crippen molar-refractivity contribution in [3.05, 3.63) is 108 Å². The number of hydrogen-bond donors (Lipinski definition) is 2. The summed E-state index contributed by atoms with van der Waals surface area (Å²) in [5.41, 5.74) is -2.95. The molecule has 1 aliphatic rings. The lowest BCUT2D eigenvalue weighted by molar-refractivity contribution is -0.737. The fourth-order valence-electron chi connectivity index (χ4n) is 5.77. The van der Waals surface area contributed by atoms with Crippen molar-refractivity contribution in [2.75, 3.05) is 13.1 Å². The first kappa shape index (κ1) is 30.5. The summed E-state index contributed by atoms with van der Waals surface area (Å²) >= 11 is 0. The molecule has 5 rings (SSSR count). The van der Waals surface area contributed by atoms with Crippen LogP contribution >= 0.6 is 0 Å². The Morgan fingerprint density at radius 2 is 1.47 bits per heavy atom. The van der Waals surface area contributed by atoms with Gasteiger partial charge >= 0.3 is 0 Å². The quantitative estimate of drug-likeness (QED) is 0.165. The molecule has 228 valence electrons. The van der Waals surface area contributed by atoms with Crippen molar-refractivity contribution in [2.45, 2.75) is 63.1 Å². The van der Waals surface area contributed by atoms with E-state index < -0.39 is 46.6 Å². The summed E-state index contributed by atoms with van der Waals surface area (Å²) < 4.78 is 62.1. The number of nitrogens with zero attached hydrogens (tertiary/aromatic N) is 7. The Hall–Kier alpha value is -3.94. The van der Waals surface area contributed by atoms with Crippen LogP contribution in [0.1, 0.15) is 43.9 Å². The van der Waals surface area contributed by atoms with E-state index in [0.29, 0.717) is 19.2 Å². The van der Waals surface area contributed by atoms with E-state index in [4.69, 9.17) is 0 Å².